The number of amides is 1. The van der Waals surface area contributed by atoms with Crippen molar-refractivity contribution in [3.05, 3.63) is 59.7 Å². The Morgan fingerprint density at radius 1 is 1.03 bits per heavy atom. The summed E-state index contributed by atoms with van der Waals surface area (Å²) < 4.78 is 16.0. The van der Waals surface area contributed by atoms with E-state index >= 15 is 0 Å². The van der Waals surface area contributed by atoms with Gasteiger partial charge in [0, 0.05) is 11.1 Å². The van der Waals surface area contributed by atoms with Crippen molar-refractivity contribution in [1.82, 2.24) is 5.32 Å². The monoisotopic (exact) mass is 411 g/mol. The fraction of sp³-hybridized carbons (Fsp3) is 0.348. The number of esters is 2. The zero-order chi connectivity index (χ0) is 21.7. The van der Waals surface area contributed by atoms with Gasteiger partial charge in [-0.1, -0.05) is 56.7 Å². The van der Waals surface area contributed by atoms with Crippen LogP contribution in [0.2, 0.25) is 0 Å². The third-order valence-electron chi connectivity index (χ3n) is 5.25. The van der Waals surface area contributed by atoms with Crippen LogP contribution in [0.5, 0.6) is 11.5 Å². The molecule has 0 saturated heterocycles. The normalized spacial score (nSPS) is 14.4. The lowest BCUT2D eigenvalue weighted by Gasteiger charge is -2.27. The van der Waals surface area contributed by atoms with E-state index in [9.17, 15) is 14.4 Å². The van der Waals surface area contributed by atoms with Crippen molar-refractivity contribution < 1.29 is 28.6 Å². The highest BCUT2D eigenvalue weighted by molar-refractivity contribution is 5.89. The zero-order valence-electron chi connectivity index (χ0n) is 17.2. The molecule has 7 heteroatoms. The van der Waals surface area contributed by atoms with E-state index in [1.165, 1.54) is 7.11 Å². The second-order valence-electron chi connectivity index (χ2n) is 7.17. The summed E-state index contributed by atoms with van der Waals surface area (Å²) in [7, 11) is 1.27. The first-order valence-corrected chi connectivity index (χ1v) is 9.85. The first-order chi connectivity index (χ1) is 14.5. The van der Waals surface area contributed by atoms with Gasteiger partial charge in [-0.05, 0) is 18.1 Å². The molecule has 2 aromatic carbocycles. The van der Waals surface area contributed by atoms with E-state index in [0.29, 0.717) is 29.0 Å². The highest BCUT2D eigenvalue weighted by Crippen LogP contribution is 2.44. The van der Waals surface area contributed by atoms with Crippen molar-refractivity contribution in [2.24, 2.45) is 5.92 Å². The van der Waals surface area contributed by atoms with E-state index < -0.39 is 36.4 Å². The second kappa shape index (κ2) is 9.43. The molecule has 0 bridgehead atoms. The predicted octanol–water partition coefficient (Wildman–Crippen LogP) is 3.17. The number of nitrogens with one attached hydrogen (secondary N) is 1. The van der Waals surface area contributed by atoms with Gasteiger partial charge in [0.25, 0.3) is 5.91 Å². The molecule has 0 spiro atoms. The molecule has 7 nitrogen and oxygen atoms in total. The number of fused-ring (bicyclic) bond motifs is 2. The smallest absolute Gasteiger partial charge is 0.328 e. The highest BCUT2D eigenvalue weighted by atomic mass is 16.5. The quantitative estimate of drug-likeness (QED) is 0.704. The lowest BCUT2D eigenvalue weighted by atomic mass is 9.88. The molecule has 158 valence electrons. The number of carbonyl (C=O) groups excluding carboxylic acids is 3. The molecule has 1 heterocycles. The second-order valence-corrected chi connectivity index (χ2v) is 7.17. The number of benzene rings is 2. The number of hydrogen-bond acceptors (Lipinski definition) is 6. The van der Waals surface area contributed by atoms with E-state index in [2.05, 4.69) is 5.32 Å². The van der Waals surface area contributed by atoms with Crippen molar-refractivity contribution in [3.63, 3.8) is 0 Å². The minimum atomic E-state index is -0.796. The fourth-order valence-corrected chi connectivity index (χ4v) is 3.40. The Morgan fingerprint density at radius 3 is 2.13 bits per heavy atom. The molecule has 0 aromatic heterocycles. The molecule has 1 N–H and O–H groups in total. The molecule has 0 saturated carbocycles. The van der Waals surface area contributed by atoms with Crippen LogP contribution in [0.15, 0.2) is 48.5 Å². The van der Waals surface area contributed by atoms with Crippen molar-refractivity contribution in [2.45, 2.75) is 32.2 Å². The topological polar surface area (TPSA) is 90.9 Å². The SMILES string of the molecule is CC[C@@H](C)[C@H](NC(=O)COC(=O)C1c2ccccc2Oc2ccccc21)C(=O)OC. The molecule has 1 aliphatic heterocycles. The van der Waals surface area contributed by atoms with Crippen LogP contribution >= 0.6 is 0 Å². The molecule has 2 atom stereocenters. The molecular formula is C23H25NO6. The maximum absolute atomic E-state index is 12.9. The van der Waals surface area contributed by atoms with Gasteiger partial charge < -0.3 is 19.5 Å². The third-order valence-corrected chi connectivity index (χ3v) is 5.25. The number of para-hydroxylation sites is 2. The summed E-state index contributed by atoms with van der Waals surface area (Å²) in [5.41, 5.74) is 1.35. The van der Waals surface area contributed by atoms with Gasteiger partial charge >= 0.3 is 11.9 Å². The maximum Gasteiger partial charge on any atom is 0.328 e. The molecule has 3 rings (SSSR count). The Hall–Kier alpha value is -3.35. The maximum atomic E-state index is 12.9. The van der Waals surface area contributed by atoms with Crippen LogP contribution in [0.25, 0.3) is 0 Å². The Morgan fingerprint density at radius 2 is 1.60 bits per heavy atom. The standard InChI is InChI=1S/C23H25NO6/c1-4-14(2)21(23(27)28-3)24-19(25)13-29-22(26)20-15-9-5-7-11-17(15)30-18-12-8-6-10-16(18)20/h5-12,14,20-21H,4,13H2,1-3H3,(H,24,25)/t14-,21+/m1/s1. The molecule has 2 aromatic rings. The van der Waals surface area contributed by atoms with Crippen molar-refractivity contribution >= 4 is 17.8 Å². The van der Waals surface area contributed by atoms with Crippen LogP contribution in [0.4, 0.5) is 0 Å². The first-order valence-electron chi connectivity index (χ1n) is 9.85. The van der Waals surface area contributed by atoms with Gasteiger partial charge in [-0.25, -0.2) is 4.79 Å². The molecule has 0 fully saturated rings. The summed E-state index contributed by atoms with van der Waals surface area (Å²) in [6, 6.07) is 13.6. The van der Waals surface area contributed by atoms with Gasteiger partial charge in [0.2, 0.25) is 0 Å². The van der Waals surface area contributed by atoms with Crippen LogP contribution < -0.4 is 10.1 Å². The lowest BCUT2D eigenvalue weighted by molar-refractivity contribution is -0.151. The molecule has 1 aliphatic rings. The summed E-state index contributed by atoms with van der Waals surface area (Å²) in [6.07, 6.45) is 0.676. The summed E-state index contributed by atoms with van der Waals surface area (Å²) in [5, 5.41) is 2.60. The summed E-state index contributed by atoms with van der Waals surface area (Å²) >= 11 is 0. The molecule has 0 radical (unpaired) electrons. The van der Waals surface area contributed by atoms with Crippen molar-refractivity contribution in [1.29, 1.82) is 0 Å². The molecule has 30 heavy (non-hydrogen) atoms. The van der Waals surface area contributed by atoms with Crippen LogP contribution in [-0.2, 0) is 23.9 Å². The van der Waals surface area contributed by atoms with E-state index in [4.69, 9.17) is 14.2 Å². The number of methoxy groups -OCH3 is 1. The number of hydrogen-bond donors (Lipinski definition) is 1. The average molecular weight is 411 g/mol. The fourth-order valence-electron chi connectivity index (χ4n) is 3.40. The summed E-state index contributed by atoms with van der Waals surface area (Å²) in [5.74, 6) is -1.33. The van der Waals surface area contributed by atoms with Crippen LogP contribution in [0.3, 0.4) is 0 Å². The molecular weight excluding hydrogens is 386 g/mol. The van der Waals surface area contributed by atoms with Crippen molar-refractivity contribution in [2.75, 3.05) is 13.7 Å². The third kappa shape index (κ3) is 4.45. The van der Waals surface area contributed by atoms with E-state index in [1.54, 1.807) is 24.3 Å². The van der Waals surface area contributed by atoms with E-state index in [-0.39, 0.29) is 5.92 Å². The van der Waals surface area contributed by atoms with Gasteiger partial charge in [-0.3, -0.25) is 9.59 Å². The first kappa shape index (κ1) is 21.4. The largest absolute Gasteiger partial charge is 0.467 e. The predicted molar refractivity (Wildman–Crippen MR) is 109 cm³/mol. The molecule has 1 amide bonds. The van der Waals surface area contributed by atoms with Crippen LogP contribution in [0, 0.1) is 5.92 Å². The number of ether oxygens (including phenoxy) is 3. The minimum absolute atomic E-state index is 0.119. The summed E-state index contributed by atoms with van der Waals surface area (Å²) in [6.45, 7) is 3.25. The Balaban J connectivity index is 1.72. The van der Waals surface area contributed by atoms with Gasteiger partial charge in [0.15, 0.2) is 6.61 Å². The van der Waals surface area contributed by atoms with Crippen LogP contribution in [0.1, 0.15) is 37.3 Å². The van der Waals surface area contributed by atoms with Gasteiger partial charge in [0.05, 0.1) is 7.11 Å². The molecule has 0 unspecified atom stereocenters. The van der Waals surface area contributed by atoms with Gasteiger partial charge in [-0.2, -0.15) is 0 Å². The van der Waals surface area contributed by atoms with Crippen molar-refractivity contribution in [3.8, 4) is 11.5 Å². The highest BCUT2D eigenvalue weighted by Gasteiger charge is 2.34. The average Bonchev–Trinajstić information content (AvgIpc) is 2.78. The minimum Gasteiger partial charge on any atom is -0.467 e. The number of rotatable bonds is 7. The van der Waals surface area contributed by atoms with E-state index in [1.807, 2.05) is 38.1 Å². The van der Waals surface area contributed by atoms with Crippen LogP contribution in [-0.4, -0.2) is 37.6 Å². The lowest BCUT2D eigenvalue weighted by Crippen LogP contribution is -2.47. The Bertz CT molecular complexity index is 895. The zero-order valence-corrected chi connectivity index (χ0v) is 17.2. The van der Waals surface area contributed by atoms with Gasteiger partial charge in [0.1, 0.15) is 23.5 Å². The number of carbonyl (C=O) groups is 3. The Kier molecular flexibility index (Phi) is 6.72. The summed E-state index contributed by atoms with van der Waals surface area (Å²) in [4.78, 5) is 37.2. The Labute approximate surface area is 175 Å². The van der Waals surface area contributed by atoms with E-state index in [0.717, 1.165) is 0 Å². The van der Waals surface area contributed by atoms with Gasteiger partial charge in [-0.15, -0.1) is 0 Å². The molecule has 0 aliphatic carbocycles.